The van der Waals surface area contributed by atoms with E-state index in [1.54, 1.807) is 42.2 Å². The van der Waals surface area contributed by atoms with E-state index in [0.717, 1.165) is 0 Å². The van der Waals surface area contributed by atoms with E-state index in [9.17, 15) is 9.59 Å². The molecule has 120 valence electrons. The summed E-state index contributed by atoms with van der Waals surface area (Å²) in [6, 6.07) is 9.74. The molecular weight excluding hydrogens is 320 g/mol. The van der Waals surface area contributed by atoms with Crippen LogP contribution in [0, 0.1) is 6.92 Å². The molecule has 0 aliphatic carbocycles. The molecule has 0 unspecified atom stereocenters. The van der Waals surface area contributed by atoms with Gasteiger partial charge in [-0.1, -0.05) is 23.7 Å². The highest BCUT2D eigenvalue weighted by molar-refractivity contribution is 6.33. The van der Waals surface area contributed by atoms with Crippen LogP contribution in [0.1, 0.15) is 5.76 Å². The van der Waals surface area contributed by atoms with E-state index in [0.29, 0.717) is 35.3 Å². The summed E-state index contributed by atoms with van der Waals surface area (Å²) in [5, 5.41) is 3.24. The maximum absolute atomic E-state index is 12.1. The van der Waals surface area contributed by atoms with Crippen molar-refractivity contribution in [2.45, 2.75) is 13.0 Å². The molecule has 1 N–H and O–H groups in total. The molecule has 0 spiro atoms. The van der Waals surface area contributed by atoms with Gasteiger partial charge in [-0.3, -0.25) is 0 Å². The standard InChI is InChI=1S/C16H15ClN2O4/c1-10-6-11(7-15(20)22-10)23-12-8-19(9-12)16(21)18-14-5-3-2-4-13(14)17/h2-7,12H,8-9H2,1H3,(H,18,21). The van der Waals surface area contributed by atoms with E-state index in [2.05, 4.69) is 5.32 Å². The minimum atomic E-state index is -0.451. The molecule has 3 rings (SSSR count). The normalized spacial score (nSPS) is 14.3. The smallest absolute Gasteiger partial charge is 0.339 e. The maximum Gasteiger partial charge on any atom is 0.339 e. The van der Waals surface area contributed by atoms with Crippen molar-refractivity contribution in [2.75, 3.05) is 18.4 Å². The van der Waals surface area contributed by atoms with Crippen LogP contribution in [0.5, 0.6) is 5.75 Å². The van der Waals surface area contributed by atoms with Crippen molar-refractivity contribution in [1.29, 1.82) is 0 Å². The highest BCUT2D eigenvalue weighted by Gasteiger charge is 2.32. The molecule has 7 heteroatoms. The Balaban J connectivity index is 1.53. The molecule has 1 fully saturated rings. The number of anilines is 1. The molecule has 2 heterocycles. The summed E-state index contributed by atoms with van der Waals surface area (Å²) in [5.74, 6) is 0.940. The lowest BCUT2D eigenvalue weighted by Crippen LogP contribution is -2.57. The molecule has 2 amide bonds. The first kappa shape index (κ1) is 15.4. The third-order valence-electron chi connectivity index (χ3n) is 3.42. The van der Waals surface area contributed by atoms with Crippen LogP contribution in [0.2, 0.25) is 5.02 Å². The van der Waals surface area contributed by atoms with Gasteiger partial charge in [0.25, 0.3) is 0 Å². The number of rotatable bonds is 3. The lowest BCUT2D eigenvalue weighted by Gasteiger charge is -2.38. The van der Waals surface area contributed by atoms with E-state index < -0.39 is 5.63 Å². The molecule has 0 atom stereocenters. The van der Waals surface area contributed by atoms with Crippen LogP contribution < -0.4 is 15.7 Å². The van der Waals surface area contributed by atoms with Crippen LogP contribution in [-0.2, 0) is 0 Å². The van der Waals surface area contributed by atoms with Gasteiger partial charge in [0.1, 0.15) is 17.6 Å². The van der Waals surface area contributed by atoms with Gasteiger partial charge in [0, 0.05) is 6.07 Å². The highest BCUT2D eigenvalue weighted by atomic mass is 35.5. The molecule has 0 saturated carbocycles. The third-order valence-corrected chi connectivity index (χ3v) is 3.75. The number of ether oxygens (including phenoxy) is 1. The summed E-state index contributed by atoms with van der Waals surface area (Å²) >= 11 is 6.00. The van der Waals surface area contributed by atoms with Gasteiger partial charge in [-0.15, -0.1) is 0 Å². The van der Waals surface area contributed by atoms with E-state index in [-0.39, 0.29) is 12.1 Å². The quantitative estimate of drug-likeness (QED) is 0.936. The zero-order chi connectivity index (χ0) is 16.4. The molecule has 6 nitrogen and oxygen atoms in total. The topological polar surface area (TPSA) is 71.8 Å². The lowest BCUT2D eigenvalue weighted by atomic mass is 10.2. The number of para-hydroxylation sites is 1. The fraction of sp³-hybridized carbons (Fsp3) is 0.250. The monoisotopic (exact) mass is 334 g/mol. The number of aryl methyl sites for hydroxylation is 1. The van der Waals surface area contributed by atoms with Gasteiger partial charge in [0.2, 0.25) is 0 Å². The van der Waals surface area contributed by atoms with Crippen molar-refractivity contribution in [3.8, 4) is 5.75 Å². The van der Waals surface area contributed by atoms with E-state index in [1.807, 2.05) is 0 Å². The molecule has 2 aromatic rings. The summed E-state index contributed by atoms with van der Waals surface area (Å²) in [7, 11) is 0. The number of halogens is 1. The van der Waals surface area contributed by atoms with Gasteiger partial charge in [-0.25, -0.2) is 9.59 Å². The third kappa shape index (κ3) is 3.65. The number of urea groups is 1. The predicted octanol–water partition coefficient (Wildman–Crippen LogP) is 2.90. The lowest BCUT2D eigenvalue weighted by molar-refractivity contribution is 0.0487. The number of likely N-dealkylation sites (tertiary alicyclic amines) is 1. The summed E-state index contributed by atoms with van der Waals surface area (Å²) in [6.45, 7) is 2.56. The van der Waals surface area contributed by atoms with Gasteiger partial charge in [0.05, 0.1) is 29.9 Å². The first-order chi connectivity index (χ1) is 11.0. The Kier molecular flexibility index (Phi) is 4.25. The summed E-state index contributed by atoms with van der Waals surface area (Å²) in [6.07, 6.45) is -0.145. The fourth-order valence-electron chi connectivity index (χ4n) is 2.27. The van der Waals surface area contributed by atoms with Crippen LogP contribution >= 0.6 is 11.6 Å². The number of hydrogen-bond donors (Lipinski definition) is 1. The van der Waals surface area contributed by atoms with Crippen molar-refractivity contribution >= 4 is 23.3 Å². The Labute approximate surface area is 137 Å². The first-order valence-electron chi connectivity index (χ1n) is 7.10. The Morgan fingerprint density at radius 2 is 2.09 bits per heavy atom. The number of nitrogens with zero attached hydrogens (tertiary/aromatic N) is 1. The SMILES string of the molecule is Cc1cc(OC2CN(C(=O)Nc3ccccc3Cl)C2)cc(=O)o1. The summed E-state index contributed by atoms with van der Waals surface area (Å²) in [4.78, 5) is 25.0. The molecule has 1 saturated heterocycles. The molecule has 0 bridgehead atoms. The zero-order valence-corrected chi connectivity index (χ0v) is 13.2. The second-order valence-electron chi connectivity index (χ2n) is 5.28. The molecular formula is C16H15ClN2O4. The van der Waals surface area contributed by atoms with Crippen molar-refractivity contribution in [3.63, 3.8) is 0 Å². The number of hydrogen-bond acceptors (Lipinski definition) is 4. The number of carbonyl (C=O) groups excluding carboxylic acids is 1. The van der Waals surface area contributed by atoms with Gasteiger partial charge >= 0.3 is 11.7 Å². The van der Waals surface area contributed by atoms with Crippen molar-refractivity contribution in [2.24, 2.45) is 0 Å². The zero-order valence-electron chi connectivity index (χ0n) is 12.4. The number of amides is 2. The van der Waals surface area contributed by atoms with Gasteiger partial charge in [0.15, 0.2) is 0 Å². The van der Waals surface area contributed by atoms with Crippen LogP contribution in [0.3, 0.4) is 0 Å². The minimum absolute atomic E-state index is 0.145. The van der Waals surface area contributed by atoms with Gasteiger partial charge in [-0.2, -0.15) is 0 Å². The maximum atomic E-state index is 12.1. The van der Waals surface area contributed by atoms with Crippen LogP contribution in [0.4, 0.5) is 10.5 Å². The Morgan fingerprint density at radius 1 is 1.35 bits per heavy atom. The Bertz CT molecular complexity index is 784. The first-order valence-corrected chi connectivity index (χ1v) is 7.48. The minimum Gasteiger partial charge on any atom is -0.486 e. The highest BCUT2D eigenvalue weighted by Crippen LogP contribution is 2.23. The second kappa shape index (κ2) is 6.34. The number of benzene rings is 1. The molecule has 23 heavy (non-hydrogen) atoms. The van der Waals surface area contributed by atoms with Gasteiger partial charge in [-0.05, 0) is 19.1 Å². The Hall–Kier alpha value is -2.47. The van der Waals surface area contributed by atoms with Crippen molar-refractivity contribution < 1.29 is 13.9 Å². The van der Waals surface area contributed by atoms with Gasteiger partial charge < -0.3 is 19.4 Å². The molecule has 1 aromatic heterocycles. The number of nitrogens with one attached hydrogen (secondary N) is 1. The molecule has 0 radical (unpaired) electrons. The fourth-order valence-corrected chi connectivity index (χ4v) is 2.45. The van der Waals surface area contributed by atoms with E-state index in [4.69, 9.17) is 20.8 Å². The summed E-state index contributed by atoms with van der Waals surface area (Å²) < 4.78 is 10.5. The van der Waals surface area contributed by atoms with Crippen molar-refractivity contribution in [1.82, 2.24) is 4.90 Å². The summed E-state index contributed by atoms with van der Waals surface area (Å²) in [5.41, 5.74) is 0.118. The average Bonchev–Trinajstić information content (AvgIpc) is 2.43. The van der Waals surface area contributed by atoms with E-state index >= 15 is 0 Å². The van der Waals surface area contributed by atoms with E-state index in [1.165, 1.54) is 6.07 Å². The number of carbonyl (C=O) groups is 1. The van der Waals surface area contributed by atoms with Crippen LogP contribution in [0.25, 0.3) is 0 Å². The van der Waals surface area contributed by atoms with Crippen LogP contribution in [-0.4, -0.2) is 30.1 Å². The average molecular weight is 335 g/mol. The van der Waals surface area contributed by atoms with Crippen molar-refractivity contribution in [3.05, 3.63) is 57.6 Å². The molecule has 1 aliphatic heterocycles. The molecule has 1 aromatic carbocycles. The Morgan fingerprint density at radius 3 is 2.78 bits per heavy atom. The predicted molar refractivity (Wildman–Crippen MR) is 86.2 cm³/mol. The largest absolute Gasteiger partial charge is 0.486 e. The van der Waals surface area contributed by atoms with Crippen LogP contribution in [0.15, 0.2) is 45.6 Å². The molecule has 1 aliphatic rings. The second-order valence-corrected chi connectivity index (χ2v) is 5.68.